The number of ether oxygens (including phenoxy) is 1. The molecule has 1 aliphatic heterocycles. The Morgan fingerprint density at radius 3 is 2.67 bits per heavy atom. The molecule has 0 aliphatic carbocycles. The van der Waals surface area contributed by atoms with E-state index in [0.717, 1.165) is 11.3 Å². The molecule has 0 saturated carbocycles. The number of aromatic amines is 1. The van der Waals surface area contributed by atoms with Crippen molar-refractivity contribution >= 4 is 27.2 Å². The Balaban J connectivity index is 2.48. The summed E-state index contributed by atoms with van der Waals surface area (Å²) in [4.78, 5) is 40.8. The predicted octanol–water partition coefficient (Wildman–Crippen LogP) is -0.667. The molecule has 152 valence electrons. The van der Waals surface area contributed by atoms with Crippen LogP contribution in [-0.2, 0) is 25.9 Å². The first-order chi connectivity index (χ1) is 12.7. The van der Waals surface area contributed by atoms with E-state index in [9.17, 15) is 22.8 Å². The Hall–Kier alpha value is -2.14. The predicted molar refractivity (Wildman–Crippen MR) is 102 cm³/mol. The van der Waals surface area contributed by atoms with Crippen LogP contribution >= 0.6 is 0 Å². The lowest BCUT2D eigenvalue weighted by molar-refractivity contribution is -0.121. The summed E-state index contributed by atoms with van der Waals surface area (Å²) in [6.45, 7) is 2.39. The number of carbonyl (C=O) groups is 1. The summed E-state index contributed by atoms with van der Waals surface area (Å²) in [5.74, 6) is -1.69. The molecular formula is C16H26N4O6S. The summed E-state index contributed by atoms with van der Waals surface area (Å²) in [5, 5.41) is 0. The van der Waals surface area contributed by atoms with E-state index in [1.165, 1.54) is 11.7 Å². The van der Waals surface area contributed by atoms with Crippen LogP contribution in [0.3, 0.4) is 0 Å². The molecule has 0 aromatic carbocycles. The second-order valence-electron chi connectivity index (χ2n) is 6.58. The molecule has 1 fully saturated rings. The fourth-order valence-electron chi connectivity index (χ4n) is 3.10. The van der Waals surface area contributed by atoms with Crippen LogP contribution < -0.4 is 21.9 Å². The Bertz CT molecular complexity index is 904. The second-order valence-corrected chi connectivity index (χ2v) is 8.81. The molecule has 2 heterocycles. The first kappa shape index (κ1) is 21.2. The standard InChI is InChI=1S/C16H26N4O6S/c1-3-4-6-20-13(17)12(14(21)18-16(20)23)19(7-8-26-2)15(22)11-5-9-27(24,25)10-11/h11H,3-10,17H2,1-2H3,(H,18,21,23). The SMILES string of the molecule is CCCCn1c(N)c(N(CCOC)C(=O)C2CCS(=O)(=O)C2)c(=O)[nH]c1=O. The van der Waals surface area contributed by atoms with E-state index < -0.39 is 32.9 Å². The Kier molecular flexibility index (Phi) is 6.82. The van der Waals surface area contributed by atoms with Gasteiger partial charge in [0.05, 0.1) is 24.0 Å². The molecule has 2 rings (SSSR count). The number of hydrogen-bond acceptors (Lipinski definition) is 7. The number of nitrogens with two attached hydrogens (primary N) is 1. The summed E-state index contributed by atoms with van der Waals surface area (Å²) in [6, 6.07) is 0. The van der Waals surface area contributed by atoms with Crippen LogP contribution in [0.2, 0.25) is 0 Å². The van der Waals surface area contributed by atoms with Crippen LogP contribution in [0.5, 0.6) is 0 Å². The van der Waals surface area contributed by atoms with Gasteiger partial charge in [0.2, 0.25) is 5.91 Å². The minimum absolute atomic E-state index is 0.0190. The minimum Gasteiger partial charge on any atom is -0.383 e. The van der Waals surface area contributed by atoms with Crippen LogP contribution in [0.4, 0.5) is 11.5 Å². The number of H-pyrrole nitrogens is 1. The maximum atomic E-state index is 13.0. The highest BCUT2D eigenvalue weighted by molar-refractivity contribution is 7.91. The zero-order valence-electron chi connectivity index (χ0n) is 15.6. The zero-order chi connectivity index (χ0) is 20.2. The number of methoxy groups -OCH3 is 1. The lowest BCUT2D eigenvalue weighted by Crippen LogP contribution is -2.45. The molecule has 0 radical (unpaired) electrons. The van der Waals surface area contributed by atoms with E-state index in [2.05, 4.69) is 4.98 Å². The van der Waals surface area contributed by atoms with Crippen LogP contribution in [0, 0.1) is 5.92 Å². The molecule has 1 amide bonds. The average Bonchev–Trinajstić information content (AvgIpc) is 2.96. The topological polar surface area (TPSA) is 145 Å². The van der Waals surface area contributed by atoms with E-state index in [-0.39, 0.29) is 42.6 Å². The van der Waals surface area contributed by atoms with E-state index >= 15 is 0 Å². The highest BCUT2D eigenvalue weighted by Crippen LogP contribution is 2.25. The van der Waals surface area contributed by atoms with Crippen molar-refractivity contribution in [2.75, 3.05) is 42.4 Å². The van der Waals surface area contributed by atoms with Gasteiger partial charge in [0, 0.05) is 20.2 Å². The fourth-order valence-corrected chi connectivity index (χ4v) is 4.83. The summed E-state index contributed by atoms with van der Waals surface area (Å²) in [5.41, 5.74) is 4.51. The Morgan fingerprint density at radius 2 is 2.11 bits per heavy atom. The van der Waals surface area contributed by atoms with Gasteiger partial charge < -0.3 is 15.4 Å². The van der Waals surface area contributed by atoms with Gasteiger partial charge in [0.1, 0.15) is 5.82 Å². The van der Waals surface area contributed by atoms with Gasteiger partial charge in [0.25, 0.3) is 5.56 Å². The molecule has 10 nitrogen and oxygen atoms in total. The van der Waals surface area contributed by atoms with Gasteiger partial charge in [-0.3, -0.25) is 19.1 Å². The summed E-state index contributed by atoms with van der Waals surface area (Å²) in [6.07, 6.45) is 1.67. The van der Waals surface area contributed by atoms with Crippen molar-refractivity contribution in [3.8, 4) is 0 Å². The quantitative estimate of drug-likeness (QED) is 0.587. The number of amides is 1. The van der Waals surface area contributed by atoms with Gasteiger partial charge in [-0.05, 0) is 12.8 Å². The van der Waals surface area contributed by atoms with Crippen molar-refractivity contribution < 1.29 is 17.9 Å². The van der Waals surface area contributed by atoms with Gasteiger partial charge in [0.15, 0.2) is 15.5 Å². The van der Waals surface area contributed by atoms with Gasteiger partial charge >= 0.3 is 5.69 Å². The molecule has 1 atom stereocenters. The molecular weight excluding hydrogens is 376 g/mol. The molecule has 1 unspecified atom stereocenters. The zero-order valence-corrected chi connectivity index (χ0v) is 16.4. The van der Waals surface area contributed by atoms with Crippen molar-refractivity contribution in [1.29, 1.82) is 0 Å². The summed E-state index contributed by atoms with van der Waals surface area (Å²) < 4.78 is 29.7. The molecule has 0 spiro atoms. The number of carbonyl (C=O) groups excluding carboxylic acids is 1. The van der Waals surface area contributed by atoms with Crippen molar-refractivity contribution in [2.24, 2.45) is 5.92 Å². The maximum absolute atomic E-state index is 13.0. The lowest BCUT2D eigenvalue weighted by atomic mass is 10.1. The normalized spacial score (nSPS) is 18.5. The van der Waals surface area contributed by atoms with Crippen molar-refractivity contribution in [1.82, 2.24) is 9.55 Å². The number of unbranched alkanes of at least 4 members (excludes halogenated alkanes) is 1. The van der Waals surface area contributed by atoms with Gasteiger partial charge in [-0.2, -0.15) is 0 Å². The molecule has 11 heteroatoms. The van der Waals surface area contributed by atoms with Crippen LogP contribution in [0.1, 0.15) is 26.2 Å². The van der Waals surface area contributed by atoms with Crippen molar-refractivity contribution in [3.63, 3.8) is 0 Å². The first-order valence-corrected chi connectivity index (χ1v) is 10.7. The van der Waals surface area contributed by atoms with E-state index in [1.807, 2.05) is 6.92 Å². The third-order valence-electron chi connectivity index (χ3n) is 4.59. The van der Waals surface area contributed by atoms with Crippen molar-refractivity contribution in [2.45, 2.75) is 32.7 Å². The van der Waals surface area contributed by atoms with Crippen molar-refractivity contribution in [3.05, 3.63) is 20.8 Å². The van der Waals surface area contributed by atoms with E-state index in [1.54, 1.807) is 0 Å². The molecule has 27 heavy (non-hydrogen) atoms. The highest BCUT2D eigenvalue weighted by atomic mass is 32.2. The minimum atomic E-state index is -3.27. The molecule has 3 N–H and O–H groups in total. The number of aromatic nitrogens is 2. The van der Waals surface area contributed by atoms with Crippen LogP contribution in [0.25, 0.3) is 0 Å². The third-order valence-corrected chi connectivity index (χ3v) is 6.35. The number of anilines is 2. The molecule has 1 aliphatic rings. The second kappa shape index (κ2) is 8.70. The molecule has 1 saturated heterocycles. The van der Waals surface area contributed by atoms with Gasteiger partial charge in [-0.1, -0.05) is 13.3 Å². The fraction of sp³-hybridized carbons (Fsp3) is 0.688. The Morgan fingerprint density at radius 1 is 1.41 bits per heavy atom. The highest BCUT2D eigenvalue weighted by Gasteiger charge is 2.37. The van der Waals surface area contributed by atoms with E-state index in [4.69, 9.17) is 10.5 Å². The smallest absolute Gasteiger partial charge is 0.330 e. The number of hydrogen-bond donors (Lipinski definition) is 2. The largest absolute Gasteiger partial charge is 0.383 e. The van der Waals surface area contributed by atoms with Crippen LogP contribution in [-0.4, -0.2) is 55.6 Å². The monoisotopic (exact) mass is 402 g/mol. The Labute approximate surface area is 157 Å². The van der Waals surface area contributed by atoms with Crippen LogP contribution in [0.15, 0.2) is 9.59 Å². The molecule has 1 aromatic heterocycles. The average molecular weight is 402 g/mol. The number of sulfone groups is 1. The molecule has 1 aromatic rings. The molecule has 0 bridgehead atoms. The number of rotatable bonds is 8. The summed E-state index contributed by atoms with van der Waals surface area (Å²) in [7, 11) is -1.83. The van der Waals surface area contributed by atoms with Gasteiger partial charge in [-0.25, -0.2) is 13.2 Å². The third kappa shape index (κ3) is 4.78. The number of nitrogens with one attached hydrogen (secondary N) is 1. The first-order valence-electron chi connectivity index (χ1n) is 8.85. The summed E-state index contributed by atoms with van der Waals surface area (Å²) >= 11 is 0. The lowest BCUT2D eigenvalue weighted by Gasteiger charge is -2.26. The maximum Gasteiger partial charge on any atom is 0.330 e. The van der Waals surface area contributed by atoms with E-state index in [0.29, 0.717) is 13.0 Å². The number of nitrogen functional groups attached to an aromatic ring is 1. The number of nitrogens with zero attached hydrogens (tertiary/aromatic N) is 2. The van der Waals surface area contributed by atoms with Gasteiger partial charge in [-0.15, -0.1) is 0 Å².